The van der Waals surface area contributed by atoms with E-state index in [-0.39, 0.29) is 5.92 Å². The van der Waals surface area contributed by atoms with E-state index in [2.05, 4.69) is 11.2 Å². The van der Waals surface area contributed by atoms with Crippen LogP contribution in [0.1, 0.15) is 17.7 Å². The number of hydrogen-bond donors (Lipinski definition) is 0. The quantitative estimate of drug-likeness (QED) is 0.557. The summed E-state index contributed by atoms with van der Waals surface area (Å²) in [5.74, 6) is 1.14. The zero-order valence-electron chi connectivity index (χ0n) is 6.08. The minimum Gasteiger partial charge on any atom is -0.361 e. The van der Waals surface area contributed by atoms with Crippen LogP contribution in [0.25, 0.3) is 0 Å². The highest BCUT2D eigenvalue weighted by Crippen LogP contribution is 2.24. The lowest BCUT2D eigenvalue weighted by molar-refractivity contribution is 0.363. The van der Waals surface area contributed by atoms with Gasteiger partial charge in [0.2, 0.25) is 0 Å². The third kappa shape index (κ3) is 1.01. The third-order valence-electron chi connectivity index (χ3n) is 2.10. The molecule has 1 aromatic heterocycles. The lowest BCUT2D eigenvalue weighted by Gasteiger charge is -2.12. The van der Waals surface area contributed by atoms with Gasteiger partial charge < -0.3 is 4.52 Å². The first kappa shape index (κ1) is 6.41. The largest absolute Gasteiger partial charge is 0.361 e. The molecular formula is C8H8N2O. The fourth-order valence-corrected chi connectivity index (χ4v) is 1.44. The number of aromatic nitrogens is 1. The summed E-state index contributed by atoms with van der Waals surface area (Å²) in [7, 11) is 0. The highest BCUT2D eigenvalue weighted by molar-refractivity contribution is 5.19. The molecule has 0 saturated heterocycles. The van der Waals surface area contributed by atoms with Crippen LogP contribution in [0.5, 0.6) is 0 Å². The van der Waals surface area contributed by atoms with Crippen LogP contribution in [0.2, 0.25) is 0 Å². The van der Waals surface area contributed by atoms with Gasteiger partial charge in [-0.1, -0.05) is 5.16 Å². The van der Waals surface area contributed by atoms with Crippen LogP contribution >= 0.6 is 0 Å². The average molecular weight is 148 g/mol. The Hall–Kier alpha value is -1.30. The molecule has 3 nitrogen and oxygen atoms in total. The zero-order chi connectivity index (χ0) is 7.68. The topological polar surface area (TPSA) is 49.8 Å². The first-order chi connectivity index (χ1) is 5.40. The van der Waals surface area contributed by atoms with Crippen LogP contribution < -0.4 is 0 Å². The summed E-state index contributed by atoms with van der Waals surface area (Å²) in [6, 6.07) is 2.27. The molecule has 0 saturated carbocycles. The second kappa shape index (κ2) is 2.39. The zero-order valence-corrected chi connectivity index (χ0v) is 6.08. The van der Waals surface area contributed by atoms with Gasteiger partial charge in [0.05, 0.1) is 18.2 Å². The molecule has 1 aliphatic carbocycles. The van der Waals surface area contributed by atoms with E-state index < -0.39 is 0 Å². The molecule has 0 fully saturated rings. The molecule has 0 aromatic carbocycles. The number of hydrogen-bond acceptors (Lipinski definition) is 3. The van der Waals surface area contributed by atoms with Crippen LogP contribution in [-0.2, 0) is 12.8 Å². The predicted octanol–water partition coefficient (Wildman–Crippen LogP) is 1.30. The molecule has 56 valence electrons. The van der Waals surface area contributed by atoms with Crippen molar-refractivity contribution < 1.29 is 4.52 Å². The van der Waals surface area contributed by atoms with Crippen LogP contribution in [0.15, 0.2) is 10.7 Å². The molecule has 0 spiro atoms. The Morgan fingerprint density at radius 2 is 2.64 bits per heavy atom. The van der Waals surface area contributed by atoms with Gasteiger partial charge in [-0.3, -0.25) is 0 Å². The first-order valence-electron chi connectivity index (χ1n) is 3.72. The van der Waals surface area contributed by atoms with Gasteiger partial charge in [0, 0.05) is 12.0 Å². The molecule has 0 radical (unpaired) electrons. The molecule has 1 aliphatic rings. The second-order valence-electron chi connectivity index (χ2n) is 2.84. The predicted molar refractivity (Wildman–Crippen MR) is 37.6 cm³/mol. The smallest absolute Gasteiger partial charge is 0.139 e. The average Bonchev–Trinajstić information content (AvgIpc) is 2.50. The summed E-state index contributed by atoms with van der Waals surface area (Å²) in [6.07, 6.45) is 4.32. The Morgan fingerprint density at radius 3 is 3.45 bits per heavy atom. The fraction of sp³-hybridized carbons (Fsp3) is 0.500. The molecule has 2 rings (SSSR count). The lowest BCUT2D eigenvalue weighted by Crippen LogP contribution is -2.10. The van der Waals surface area contributed by atoms with E-state index in [1.165, 1.54) is 0 Å². The Kier molecular flexibility index (Phi) is 1.39. The Balaban J connectivity index is 2.26. The number of rotatable bonds is 0. The van der Waals surface area contributed by atoms with Crippen molar-refractivity contribution in [2.24, 2.45) is 5.92 Å². The monoisotopic (exact) mass is 148 g/mol. The van der Waals surface area contributed by atoms with Crippen molar-refractivity contribution in [3.63, 3.8) is 0 Å². The van der Waals surface area contributed by atoms with Gasteiger partial charge in [0.15, 0.2) is 0 Å². The van der Waals surface area contributed by atoms with Crippen molar-refractivity contribution in [3.8, 4) is 6.07 Å². The van der Waals surface area contributed by atoms with Gasteiger partial charge in [-0.15, -0.1) is 0 Å². The molecule has 11 heavy (non-hydrogen) atoms. The Labute approximate surface area is 64.6 Å². The van der Waals surface area contributed by atoms with Gasteiger partial charge in [-0.25, -0.2) is 0 Å². The van der Waals surface area contributed by atoms with E-state index in [9.17, 15) is 0 Å². The standard InChI is InChI=1S/C8H8N2O/c9-4-6-1-2-8-7(3-6)5-10-11-8/h5-6H,1-3H2/t6-/m0/s1. The van der Waals surface area contributed by atoms with Crippen LogP contribution in [0.4, 0.5) is 0 Å². The van der Waals surface area contributed by atoms with E-state index in [4.69, 9.17) is 9.78 Å². The second-order valence-corrected chi connectivity index (χ2v) is 2.84. The minimum absolute atomic E-state index is 0.168. The van der Waals surface area contributed by atoms with Crippen LogP contribution in [0.3, 0.4) is 0 Å². The maximum Gasteiger partial charge on any atom is 0.139 e. The van der Waals surface area contributed by atoms with E-state index in [0.717, 1.165) is 30.6 Å². The van der Waals surface area contributed by atoms with Crippen LogP contribution in [-0.4, -0.2) is 5.16 Å². The normalized spacial score (nSPS) is 22.3. The van der Waals surface area contributed by atoms with Crippen molar-refractivity contribution >= 4 is 0 Å². The highest BCUT2D eigenvalue weighted by atomic mass is 16.5. The molecule has 0 aliphatic heterocycles. The number of nitriles is 1. The molecule has 1 atom stereocenters. The van der Waals surface area contributed by atoms with Crippen molar-refractivity contribution in [1.82, 2.24) is 5.16 Å². The summed E-state index contributed by atoms with van der Waals surface area (Å²) in [4.78, 5) is 0. The highest BCUT2D eigenvalue weighted by Gasteiger charge is 2.20. The van der Waals surface area contributed by atoms with Crippen LogP contribution in [0, 0.1) is 17.2 Å². The fourth-order valence-electron chi connectivity index (χ4n) is 1.44. The number of nitrogens with zero attached hydrogens (tertiary/aromatic N) is 2. The van der Waals surface area contributed by atoms with Gasteiger partial charge in [-0.2, -0.15) is 5.26 Å². The van der Waals surface area contributed by atoms with Crippen molar-refractivity contribution in [2.45, 2.75) is 19.3 Å². The summed E-state index contributed by atoms with van der Waals surface area (Å²) in [6.45, 7) is 0. The van der Waals surface area contributed by atoms with E-state index >= 15 is 0 Å². The van der Waals surface area contributed by atoms with Gasteiger partial charge >= 0.3 is 0 Å². The maximum absolute atomic E-state index is 8.65. The van der Waals surface area contributed by atoms with Gasteiger partial charge in [0.1, 0.15) is 5.76 Å². The first-order valence-corrected chi connectivity index (χ1v) is 3.72. The molecule has 1 aromatic rings. The Bertz CT molecular complexity index is 297. The van der Waals surface area contributed by atoms with E-state index in [1.54, 1.807) is 6.20 Å². The maximum atomic E-state index is 8.65. The summed E-state index contributed by atoms with van der Waals surface area (Å²) in [5.41, 5.74) is 1.11. The van der Waals surface area contributed by atoms with E-state index in [0.29, 0.717) is 0 Å². The van der Waals surface area contributed by atoms with Crippen molar-refractivity contribution in [1.29, 1.82) is 5.26 Å². The van der Waals surface area contributed by atoms with Crippen molar-refractivity contribution in [3.05, 3.63) is 17.5 Å². The summed E-state index contributed by atoms with van der Waals surface area (Å²) >= 11 is 0. The SMILES string of the molecule is N#C[C@H]1CCc2oncc2C1. The number of aryl methyl sites for hydroxylation is 1. The van der Waals surface area contributed by atoms with Gasteiger partial charge in [0.25, 0.3) is 0 Å². The Morgan fingerprint density at radius 1 is 1.73 bits per heavy atom. The molecule has 1 heterocycles. The molecule has 0 bridgehead atoms. The lowest BCUT2D eigenvalue weighted by atomic mass is 9.90. The molecule has 3 heteroatoms. The van der Waals surface area contributed by atoms with Crippen molar-refractivity contribution in [2.75, 3.05) is 0 Å². The summed E-state index contributed by atoms with van der Waals surface area (Å²) < 4.78 is 4.99. The molecule has 0 amide bonds. The molecular weight excluding hydrogens is 140 g/mol. The van der Waals surface area contributed by atoms with E-state index in [1.807, 2.05) is 0 Å². The number of fused-ring (bicyclic) bond motifs is 1. The third-order valence-corrected chi connectivity index (χ3v) is 2.10. The summed E-state index contributed by atoms with van der Waals surface area (Å²) in [5, 5.41) is 12.3. The minimum atomic E-state index is 0.168. The molecule has 0 unspecified atom stereocenters. The molecule has 0 N–H and O–H groups in total. The van der Waals surface area contributed by atoms with Gasteiger partial charge in [-0.05, 0) is 12.8 Å².